The molecule has 0 saturated heterocycles. The van der Waals surface area contributed by atoms with Crippen molar-refractivity contribution in [3.05, 3.63) is 65.9 Å². The summed E-state index contributed by atoms with van der Waals surface area (Å²) >= 11 is 0. The Morgan fingerprint density at radius 1 is 1.05 bits per heavy atom. The molecule has 0 aliphatic heterocycles. The maximum atomic E-state index is 12.2. The molecule has 1 heterocycles. The van der Waals surface area contributed by atoms with Crippen LogP contribution in [-0.4, -0.2) is 16.1 Å². The smallest absolute Gasteiger partial charge is 0.276 e. The third-order valence-corrected chi connectivity index (χ3v) is 2.98. The number of aromatic nitrogens is 2. The maximum absolute atomic E-state index is 12.2. The highest BCUT2D eigenvalue weighted by atomic mass is 16.1. The Hall–Kier alpha value is -3.26. The lowest BCUT2D eigenvalue weighted by Gasteiger charge is -2.05. The molecule has 0 radical (unpaired) electrons. The first-order valence-electron chi connectivity index (χ1n) is 6.30. The topological polar surface area (TPSA) is 78.7 Å². The molecule has 3 rings (SSSR count). The zero-order valence-electron chi connectivity index (χ0n) is 10.9. The summed E-state index contributed by atoms with van der Waals surface area (Å²) in [6.07, 6.45) is 0. The molecule has 1 N–H and O–H groups in total. The first kappa shape index (κ1) is 12.8. The van der Waals surface area contributed by atoms with Crippen molar-refractivity contribution < 1.29 is 4.79 Å². The second-order valence-electron chi connectivity index (χ2n) is 4.44. The van der Waals surface area contributed by atoms with Gasteiger partial charge in [0.25, 0.3) is 5.91 Å². The van der Waals surface area contributed by atoms with E-state index in [2.05, 4.69) is 15.5 Å². The first-order valence-corrected chi connectivity index (χ1v) is 6.30. The van der Waals surface area contributed by atoms with Gasteiger partial charge in [0.15, 0.2) is 5.69 Å². The average molecular weight is 274 g/mol. The number of fused-ring (bicyclic) bond motifs is 1. The van der Waals surface area contributed by atoms with Gasteiger partial charge in [0.05, 0.1) is 17.1 Å². The minimum atomic E-state index is -0.358. The van der Waals surface area contributed by atoms with Gasteiger partial charge in [-0.15, -0.1) is 10.2 Å². The third kappa shape index (κ3) is 2.69. The van der Waals surface area contributed by atoms with E-state index in [1.807, 2.05) is 30.3 Å². The van der Waals surface area contributed by atoms with E-state index in [4.69, 9.17) is 5.26 Å². The molecule has 0 unspecified atom stereocenters. The van der Waals surface area contributed by atoms with Crippen LogP contribution in [0.4, 0.5) is 5.69 Å². The van der Waals surface area contributed by atoms with Gasteiger partial charge in [-0.1, -0.05) is 24.3 Å². The van der Waals surface area contributed by atoms with E-state index in [0.717, 1.165) is 10.9 Å². The van der Waals surface area contributed by atoms with E-state index in [0.29, 0.717) is 11.3 Å². The lowest BCUT2D eigenvalue weighted by atomic mass is 10.2. The van der Waals surface area contributed by atoms with Crippen LogP contribution in [0.5, 0.6) is 0 Å². The minimum Gasteiger partial charge on any atom is -0.321 e. The van der Waals surface area contributed by atoms with Crippen LogP contribution < -0.4 is 5.32 Å². The summed E-state index contributed by atoms with van der Waals surface area (Å²) < 4.78 is 0. The molecule has 1 amide bonds. The summed E-state index contributed by atoms with van der Waals surface area (Å²) in [5.41, 5.74) is 2.00. The van der Waals surface area contributed by atoms with Gasteiger partial charge in [-0.05, 0) is 30.3 Å². The summed E-state index contributed by atoms with van der Waals surface area (Å²) in [5.74, 6) is -0.358. The van der Waals surface area contributed by atoms with Crippen molar-refractivity contribution in [1.82, 2.24) is 10.2 Å². The fraction of sp³-hybridized carbons (Fsp3) is 0. The molecule has 3 aromatic rings. The summed E-state index contributed by atoms with van der Waals surface area (Å²) in [6.45, 7) is 0. The molecule has 0 bridgehead atoms. The highest BCUT2D eigenvalue weighted by Gasteiger charge is 2.09. The normalized spacial score (nSPS) is 10.0. The predicted octanol–water partition coefficient (Wildman–Crippen LogP) is 2.75. The van der Waals surface area contributed by atoms with Crippen LogP contribution in [-0.2, 0) is 0 Å². The molecule has 0 fully saturated rings. The number of hydrogen-bond acceptors (Lipinski definition) is 4. The second-order valence-corrected chi connectivity index (χ2v) is 4.44. The largest absolute Gasteiger partial charge is 0.321 e. The zero-order chi connectivity index (χ0) is 14.7. The number of nitrogens with one attached hydrogen (secondary N) is 1. The van der Waals surface area contributed by atoms with Gasteiger partial charge >= 0.3 is 0 Å². The molecular weight excluding hydrogens is 264 g/mol. The van der Waals surface area contributed by atoms with E-state index in [1.54, 1.807) is 30.3 Å². The van der Waals surface area contributed by atoms with Gasteiger partial charge in [0, 0.05) is 11.1 Å². The van der Waals surface area contributed by atoms with Crippen molar-refractivity contribution >= 4 is 22.5 Å². The van der Waals surface area contributed by atoms with Crippen LogP contribution in [0.2, 0.25) is 0 Å². The Labute approximate surface area is 120 Å². The number of nitrogens with zero attached hydrogens (tertiary/aromatic N) is 3. The van der Waals surface area contributed by atoms with Gasteiger partial charge in [-0.25, -0.2) is 0 Å². The van der Waals surface area contributed by atoms with E-state index in [9.17, 15) is 4.79 Å². The Morgan fingerprint density at radius 3 is 2.76 bits per heavy atom. The predicted molar refractivity (Wildman–Crippen MR) is 78.6 cm³/mol. The Bertz CT molecular complexity index is 867. The number of rotatable bonds is 2. The van der Waals surface area contributed by atoms with Crippen LogP contribution in [0.25, 0.3) is 10.9 Å². The van der Waals surface area contributed by atoms with E-state index >= 15 is 0 Å². The Morgan fingerprint density at radius 2 is 1.90 bits per heavy atom. The molecule has 0 saturated carbocycles. The maximum Gasteiger partial charge on any atom is 0.276 e. The summed E-state index contributed by atoms with van der Waals surface area (Å²) in [5, 5.41) is 20.3. The van der Waals surface area contributed by atoms with Crippen molar-refractivity contribution in [3.8, 4) is 6.07 Å². The standard InChI is InChI=1S/C16H10N4O/c17-10-11-4-3-6-13(8-11)18-16(21)15-9-12-5-1-2-7-14(12)19-20-15/h1-9H,(H,18,21). The Kier molecular flexibility index (Phi) is 3.27. The van der Waals surface area contributed by atoms with Crippen molar-refractivity contribution in [2.75, 3.05) is 5.32 Å². The fourth-order valence-electron chi connectivity index (χ4n) is 1.96. The first-order chi connectivity index (χ1) is 10.3. The van der Waals surface area contributed by atoms with Gasteiger partial charge < -0.3 is 5.32 Å². The molecule has 100 valence electrons. The fourth-order valence-corrected chi connectivity index (χ4v) is 1.96. The summed E-state index contributed by atoms with van der Waals surface area (Å²) in [7, 11) is 0. The van der Waals surface area contributed by atoms with Gasteiger partial charge in [0.2, 0.25) is 0 Å². The lowest BCUT2D eigenvalue weighted by molar-refractivity contribution is 0.102. The van der Waals surface area contributed by atoms with E-state index < -0.39 is 0 Å². The van der Waals surface area contributed by atoms with Crippen molar-refractivity contribution in [2.45, 2.75) is 0 Å². The third-order valence-electron chi connectivity index (χ3n) is 2.98. The molecular formula is C16H10N4O. The molecule has 1 aromatic heterocycles. The molecule has 2 aromatic carbocycles. The number of carbonyl (C=O) groups is 1. The quantitative estimate of drug-likeness (QED) is 0.779. The van der Waals surface area contributed by atoms with Crippen LogP contribution in [0.1, 0.15) is 16.1 Å². The van der Waals surface area contributed by atoms with Crippen LogP contribution in [0, 0.1) is 11.3 Å². The number of hydrogen-bond donors (Lipinski definition) is 1. The molecule has 0 aliphatic rings. The number of nitriles is 1. The van der Waals surface area contributed by atoms with Crippen molar-refractivity contribution in [2.24, 2.45) is 0 Å². The summed E-state index contributed by atoms with van der Waals surface area (Å²) in [4.78, 5) is 12.2. The van der Waals surface area contributed by atoms with E-state index in [1.165, 1.54) is 0 Å². The highest BCUT2D eigenvalue weighted by molar-refractivity contribution is 6.04. The number of amides is 1. The van der Waals surface area contributed by atoms with Crippen molar-refractivity contribution in [3.63, 3.8) is 0 Å². The molecule has 0 aliphatic carbocycles. The molecule has 0 spiro atoms. The number of carbonyl (C=O) groups excluding carboxylic acids is 1. The van der Waals surface area contributed by atoms with Gasteiger partial charge in [-0.2, -0.15) is 5.26 Å². The molecule has 0 atom stereocenters. The Balaban J connectivity index is 1.88. The molecule has 21 heavy (non-hydrogen) atoms. The second kappa shape index (κ2) is 5.39. The van der Waals surface area contributed by atoms with Gasteiger partial charge in [0.1, 0.15) is 0 Å². The number of anilines is 1. The lowest BCUT2D eigenvalue weighted by Crippen LogP contribution is -2.14. The summed E-state index contributed by atoms with van der Waals surface area (Å²) in [6, 6.07) is 17.9. The van der Waals surface area contributed by atoms with Crippen LogP contribution in [0.15, 0.2) is 54.6 Å². The molecule has 5 nitrogen and oxygen atoms in total. The zero-order valence-corrected chi connectivity index (χ0v) is 10.9. The molecule has 5 heteroatoms. The van der Waals surface area contributed by atoms with Crippen molar-refractivity contribution in [1.29, 1.82) is 5.26 Å². The monoisotopic (exact) mass is 274 g/mol. The highest BCUT2D eigenvalue weighted by Crippen LogP contribution is 2.14. The van der Waals surface area contributed by atoms with Crippen LogP contribution >= 0.6 is 0 Å². The van der Waals surface area contributed by atoms with Crippen LogP contribution in [0.3, 0.4) is 0 Å². The minimum absolute atomic E-state index is 0.232. The average Bonchev–Trinajstić information content (AvgIpc) is 2.54. The van der Waals surface area contributed by atoms with E-state index in [-0.39, 0.29) is 11.6 Å². The number of benzene rings is 2. The van der Waals surface area contributed by atoms with Gasteiger partial charge in [-0.3, -0.25) is 4.79 Å². The SMILES string of the molecule is N#Cc1cccc(NC(=O)c2cc3ccccc3nn2)c1.